The molecule has 4 aromatic rings. The van der Waals surface area contributed by atoms with Gasteiger partial charge in [0.25, 0.3) is 5.91 Å². The van der Waals surface area contributed by atoms with Gasteiger partial charge in [-0.2, -0.15) is 11.8 Å². The number of carboxylic acids is 1. The van der Waals surface area contributed by atoms with Crippen molar-refractivity contribution < 1.29 is 47.1 Å². The van der Waals surface area contributed by atoms with Gasteiger partial charge in [0.1, 0.15) is 23.9 Å². The fraction of sp³-hybridized carbons (Fsp3) is 0.226. The molecule has 40 heavy (non-hydrogen) atoms. The maximum atomic E-state index is 13.2. The molecule has 0 radical (unpaired) electrons. The Bertz CT molecular complexity index is 1440. The molecule has 0 unspecified atom stereocenters. The standard InChI is InChI=1S/C31H30FNO5S.Li/c1-20-5-3-4-6-25(20)27-17-21(7-13-26(27)30(34)33-28(31(35)36)15-16-39-2)18-37-19-24-12-14-29(38-24)22-8-10-23(32)11-9-22;/h3-14,17,28H,15-16,18-19H2,1-2H3,(H,33,34)(H,35,36);/q;+1/p-1/t28-;/m0./s1. The maximum Gasteiger partial charge on any atom is 1.00 e. The Labute approximate surface area is 249 Å². The van der Waals surface area contributed by atoms with Crippen LogP contribution in [-0.2, 0) is 22.7 Å². The van der Waals surface area contributed by atoms with E-state index in [-0.39, 0.29) is 44.3 Å². The number of furan rings is 1. The number of aliphatic carboxylic acids is 1. The molecule has 1 N–H and O–H groups in total. The third-order valence-electron chi connectivity index (χ3n) is 6.27. The minimum atomic E-state index is -1.31. The van der Waals surface area contributed by atoms with Crippen LogP contribution in [0.4, 0.5) is 4.39 Å². The van der Waals surface area contributed by atoms with Gasteiger partial charge in [0.05, 0.1) is 18.6 Å². The molecule has 0 aliphatic carbocycles. The minimum Gasteiger partial charge on any atom is -0.548 e. The summed E-state index contributed by atoms with van der Waals surface area (Å²) in [6.45, 7) is 2.45. The summed E-state index contributed by atoms with van der Waals surface area (Å²) < 4.78 is 24.9. The van der Waals surface area contributed by atoms with Crippen molar-refractivity contribution in [3.05, 3.63) is 107 Å². The predicted molar refractivity (Wildman–Crippen MR) is 148 cm³/mol. The summed E-state index contributed by atoms with van der Waals surface area (Å²) in [4.78, 5) is 24.8. The molecule has 4 rings (SSSR count). The van der Waals surface area contributed by atoms with Crippen molar-refractivity contribution in [1.82, 2.24) is 5.32 Å². The number of aryl methyl sites for hydroxylation is 1. The van der Waals surface area contributed by atoms with E-state index in [2.05, 4.69) is 5.32 Å². The van der Waals surface area contributed by atoms with Crippen molar-refractivity contribution in [3.8, 4) is 22.5 Å². The molecule has 1 heterocycles. The summed E-state index contributed by atoms with van der Waals surface area (Å²) in [7, 11) is 0. The summed E-state index contributed by atoms with van der Waals surface area (Å²) in [5, 5.41) is 14.2. The smallest absolute Gasteiger partial charge is 0.548 e. The number of rotatable bonds is 12. The SMILES string of the molecule is CSCC[C@H](NC(=O)c1ccc(COCc2ccc(-c3ccc(F)cc3)o2)cc1-c1ccccc1C)C(=O)[O-].[Li+]. The van der Waals surface area contributed by atoms with E-state index in [4.69, 9.17) is 9.15 Å². The quantitative estimate of drug-likeness (QED) is 0.271. The number of carbonyl (C=O) groups is 2. The normalized spacial score (nSPS) is 11.5. The molecular weight excluding hydrogens is 524 g/mol. The second kappa shape index (κ2) is 14.9. The Morgan fingerprint density at radius 3 is 2.45 bits per heavy atom. The van der Waals surface area contributed by atoms with Gasteiger partial charge >= 0.3 is 18.9 Å². The maximum absolute atomic E-state index is 13.2. The van der Waals surface area contributed by atoms with Gasteiger partial charge in [-0.1, -0.05) is 30.3 Å². The van der Waals surface area contributed by atoms with E-state index in [1.165, 1.54) is 23.9 Å². The molecule has 0 fully saturated rings. The first-order chi connectivity index (χ1) is 18.9. The Morgan fingerprint density at radius 1 is 1.00 bits per heavy atom. The van der Waals surface area contributed by atoms with E-state index < -0.39 is 17.9 Å². The van der Waals surface area contributed by atoms with Crippen molar-refractivity contribution in [1.29, 1.82) is 0 Å². The number of amides is 1. The molecule has 6 nitrogen and oxygen atoms in total. The first-order valence-corrected chi connectivity index (χ1v) is 13.9. The van der Waals surface area contributed by atoms with E-state index in [0.717, 1.165) is 22.3 Å². The van der Waals surface area contributed by atoms with Crippen molar-refractivity contribution in [2.75, 3.05) is 12.0 Å². The van der Waals surface area contributed by atoms with E-state index >= 15 is 0 Å². The zero-order valence-corrected chi connectivity index (χ0v) is 23.6. The van der Waals surface area contributed by atoms with Gasteiger partial charge in [-0.15, -0.1) is 0 Å². The zero-order chi connectivity index (χ0) is 27.8. The average Bonchev–Trinajstić information content (AvgIpc) is 3.40. The fourth-order valence-corrected chi connectivity index (χ4v) is 4.66. The van der Waals surface area contributed by atoms with E-state index in [1.54, 1.807) is 24.3 Å². The molecule has 0 saturated carbocycles. The fourth-order valence-electron chi connectivity index (χ4n) is 4.19. The number of hydrogen-bond acceptors (Lipinski definition) is 6. The van der Waals surface area contributed by atoms with Crippen LogP contribution in [0.2, 0.25) is 0 Å². The number of halogens is 1. The monoisotopic (exact) mass is 553 g/mol. The second-order valence-electron chi connectivity index (χ2n) is 9.09. The first kappa shape index (κ1) is 31.2. The van der Waals surface area contributed by atoms with Crippen LogP contribution in [0.5, 0.6) is 0 Å². The van der Waals surface area contributed by atoms with Gasteiger partial charge in [-0.3, -0.25) is 4.79 Å². The van der Waals surface area contributed by atoms with Crippen molar-refractivity contribution in [2.45, 2.75) is 32.6 Å². The van der Waals surface area contributed by atoms with Crippen LogP contribution >= 0.6 is 11.8 Å². The van der Waals surface area contributed by atoms with E-state index in [9.17, 15) is 19.1 Å². The van der Waals surface area contributed by atoms with E-state index in [0.29, 0.717) is 28.4 Å². The number of ether oxygens (including phenoxy) is 1. The number of thioether (sulfide) groups is 1. The van der Waals surface area contributed by atoms with Crippen molar-refractivity contribution in [2.24, 2.45) is 0 Å². The Balaban J connectivity index is 0.00000441. The molecule has 0 spiro atoms. The van der Waals surface area contributed by atoms with Crippen molar-refractivity contribution >= 4 is 23.6 Å². The predicted octanol–water partition coefficient (Wildman–Crippen LogP) is 2.38. The molecule has 202 valence electrons. The molecule has 1 amide bonds. The second-order valence-corrected chi connectivity index (χ2v) is 10.1. The minimum absolute atomic E-state index is 0. The Kier molecular flexibility index (Phi) is 11.7. The number of hydrogen-bond donors (Lipinski definition) is 1. The van der Waals surface area contributed by atoms with Gasteiger partial charge in [0, 0.05) is 11.1 Å². The molecule has 1 atom stereocenters. The summed E-state index contributed by atoms with van der Waals surface area (Å²) in [5.74, 6) is -0.251. The zero-order valence-electron chi connectivity index (χ0n) is 22.7. The third-order valence-corrected chi connectivity index (χ3v) is 6.91. The molecule has 0 bridgehead atoms. The largest absolute Gasteiger partial charge is 1.00 e. The molecule has 1 aromatic heterocycles. The number of carboxylic acid groups (broad SMARTS) is 1. The summed E-state index contributed by atoms with van der Waals surface area (Å²) in [6, 6.07) is 21.7. The van der Waals surface area contributed by atoms with Gasteiger partial charge in [0.15, 0.2) is 0 Å². The van der Waals surface area contributed by atoms with Crippen LogP contribution in [0.15, 0.2) is 83.3 Å². The van der Waals surface area contributed by atoms with Crippen LogP contribution < -0.4 is 29.3 Å². The topological polar surface area (TPSA) is 91.6 Å². The summed E-state index contributed by atoms with van der Waals surface area (Å²) in [6.07, 6.45) is 2.15. The van der Waals surface area contributed by atoms with Gasteiger partial charge in [-0.25, -0.2) is 4.39 Å². The van der Waals surface area contributed by atoms with Crippen molar-refractivity contribution in [3.63, 3.8) is 0 Å². The molecule has 0 aliphatic rings. The van der Waals surface area contributed by atoms with Crippen LogP contribution in [0, 0.1) is 12.7 Å². The van der Waals surface area contributed by atoms with Crippen LogP contribution in [0.3, 0.4) is 0 Å². The molecular formula is C31H29FLiNO5S. The molecule has 3 aromatic carbocycles. The third kappa shape index (κ3) is 8.12. The van der Waals surface area contributed by atoms with Crippen LogP contribution in [0.25, 0.3) is 22.5 Å². The number of benzene rings is 3. The Morgan fingerprint density at radius 2 is 1.75 bits per heavy atom. The van der Waals surface area contributed by atoms with Gasteiger partial charge in [0.2, 0.25) is 0 Å². The number of nitrogens with one attached hydrogen (secondary N) is 1. The first-order valence-electron chi connectivity index (χ1n) is 12.5. The average molecular weight is 554 g/mol. The summed E-state index contributed by atoms with van der Waals surface area (Å²) in [5.41, 5.74) is 4.52. The Hall–Kier alpha value is -3.28. The van der Waals surface area contributed by atoms with E-state index in [1.807, 2.05) is 55.6 Å². The van der Waals surface area contributed by atoms with Gasteiger partial charge < -0.3 is 24.4 Å². The van der Waals surface area contributed by atoms with Crippen LogP contribution in [-0.4, -0.2) is 29.9 Å². The molecule has 0 saturated heterocycles. The van der Waals surface area contributed by atoms with Crippen LogP contribution in [0.1, 0.15) is 33.7 Å². The molecule has 0 aliphatic heterocycles. The number of carbonyl (C=O) groups excluding carboxylic acids is 2. The summed E-state index contributed by atoms with van der Waals surface area (Å²) >= 11 is 1.50. The van der Waals surface area contributed by atoms with Gasteiger partial charge in [-0.05, 0) is 96.1 Å². The molecule has 9 heteroatoms.